The van der Waals surface area contributed by atoms with Gasteiger partial charge in [-0.15, -0.1) is 0 Å². The van der Waals surface area contributed by atoms with E-state index in [0.29, 0.717) is 6.04 Å². The number of benzene rings is 5. The third kappa shape index (κ3) is 6.08. The molecule has 1 atom stereocenters. The molecular formula is C47H44N2. The molecule has 2 nitrogen and oxygen atoms in total. The van der Waals surface area contributed by atoms with Crippen molar-refractivity contribution in [3.63, 3.8) is 0 Å². The van der Waals surface area contributed by atoms with Crippen molar-refractivity contribution in [2.24, 2.45) is 0 Å². The number of hydrogen-bond acceptors (Lipinski definition) is 2. The number of rotatable bonds is 9. The third-order valence-corrected chi connectivity index (χ3v) is 10.5. The van der Waals surface area contributed by atoms with Gasteiger partial charge in [0.1, 0.15) is 0 Å². The monoisotopic (exact) mass is 636 g/mol. The minimum atomic E-state index is -0.0782. The van der Waals surface area contributed by atoms with E-state index in [1.807, 2.05) is 0 Å². The first-order valence-corrected chi connectivity index (χ1v) is 17.8. The summed E-state index contributed by atoms with van der Waals surface area (Å²) < 4.78 is 0. The van der Waals surface area contributed by atoms with E-state index in [4.69, 9.17) is 0 Å². The highest BCUT2D eigenvalue weighted by molar-refractivity contribution is 5.84. The summed E-state index contributed by atoms with van der Waals surface area (Å²) in [6, 6.07) is 45.4. The van der Waals surface area contributed by atoms with Gasteiger partial charge in [0.05, 0.1) is 6.04 Å². The molecule has 1 unspecified atom stereocenters. The Morgan fingerprint density at radius 2 is 1.22 bits per heavy atom. The average molecular weight is 637 g/mol. The van der Waals surface area contributed by atoms with Crippen LogP contribution in [0.25, 0.3) is 11.1 Å². The van der Waals surface area contributed by atoms with Crippen LogP contribution in [-0.4, -0.2) is 6.04 Å². The molecule has 0 N–H and O–H groups in total. The molecule has 8 rings (SSSR count). The van der Waals surface area contributed by atoms with Crippen LogP contribution in [0.15, 0.2) is 170 Å². The molecule has 0 spiro atoms. The summed E-state index contributed by atoms with van der Waals surface area (Å²) in [4.78, 5) is 4.90. The Morgan fingerprint density at radius 1 is 0.592 bits per heavy atom. The molecule has 2 heteroatoms. The second-order valence-electron chi connectivity index (χ2n) is 14.0. The zero-order chi connectivity index (χ0) is 33.2. The first-order valence-electron chi connectivity index (χ1n) is 17.8. The molecule has 5 aromatic rings. The smallest absolute Gasteiger partial charge is 0.0559 e. The van der Waals surface area contributed by atoms with Gasteiger partial charge < -0.3 is 9.80 Å². The van der Waals surface area contributed by atoms with Crippen LogP contribution in [-0.2, 0) is 18.3 Å². The Balaban J connectivity index is 1.02. The summed E-state index contributed by atoms with van der Waals surface area (Å²) in [5, 5.41) is 0. The molecule has 3 aliphatic carbocycles. The lowest BCUT2D eigenvalue weighted by Gasteiger charge is -2.32. The van der Waals surface area contributed by atoms with E-state index in [1.54, 1.807) is 0 Å². The van der Waals surface area contributed by atoms with Crippen LogP contribution >= 0.6 is 0 Å². The van der Waals surface area contributed by atoms with Gasteiger partial charge in [-0.1, -0.05) is 123 Å². The molecule has 0 saturated heterocycles. The molecule has 0 aromatic heterocycles. The van der Waals surface area contributed by atoms with Crippen molar-refractivity contribution < 1.29 is 0 Å². The van der Waals surface area contributed by atoms with Gasteiger partial charge in [0.2, 0.25) is 0 Å². The van der Waals surface area contributed by atoms with Crippen LogP contribution in [0.2, 0.25) is 0 Å². The lowest BCUT2D eigenvalue weighted by Crippen LogP contribution is -2.29. The highest BCUT2D eigenvalue weighted by atomic mass is 15.2. The second kappa shape index (κ2) is 13.3. The normalized spacial score (nSPS) is 16.9. The molecule has 0 saturated carbocycles. The fourth-order valence-corrected chi connectivity index (χ4v) is 7.89. The van der Waals surface area contributed by atoms with Crippen molar-refractivity contribution in [1.82, 2.24) is 0 Å². The van der Waals surface area contributed by atoms with Crippen LogP contribution in [0.1, 0.15) is 55.4 Å². The van der Waals surface area contributed by atoms with Crippen LogP contribution in [0, 0.1) is 0 Å². The molecule has 0 radical (unpaired) electrons. The zero-order valence-corrected chi connectivity index (χ0v) is 28.6. The average Bonchev–Trinajstić information content (AvgIpc) is 3.38. The SMILES string of the molecule is CC1(C)c2cc(CCc3ccc(N(c4ccccc4)C4C=CC=CC4)cc3)ccc2-c2ccc(N(C3=CC=CCC3)c3ccccc3)cc21. The highest BCUT2D eigenvalue weighted by Gasteiger charge is 2.36. The Kier molecular flexibility index (Phi) is 8.39. The number of nitrogens with zero attached hydrogens (tertiary/aromatic N) is 2. The number of anilines is 4. The lowest BCUT2D eigenvalue weighted by molar-refractivity contribution is 0.659. The lowest BCUT2D eigenvalue weighted by atomic mass is 9.81. The second-order valence-corrected chi connectivity index (χ2v) is 14.0. The summed E-state index contributed by atoms with van der Waals surface area (Å²) in [5.41, 5.74) is 14.5. The van der Waals surface area contributed by atoms with Crippen molar-refractivity contribution in [2.75, 3.05) is 9.80 Å². The maximum absolute atomic E-state index is 2.48. The van der Waals surface area contributed by atoms with Crippen molar-refractivity contribution in [2.45, 2.75) is 57.4 Å². The van der Waals surface area contributed by atoms with Crippen LogP contribution < -0.4 is 9.80 Å². The number of para-hydroxylation sites is 2. The highest BCUT2D eigenvalue weighted by Crippen LogP contribution is 2.51. The van der Waals surface area contributed by atoms with Crippen molar-refractivity contribution in [3.05, 3.63) is 192 Å². The van der Waals surface area contributed by atoms with E-state index in [-0.39, 0.29) is 5.41 Å². The van der Waals surface area contributed by atoms with Crippen molar-refractivity contribution in [3.8, 4) is 11.1 Å². The van der Waals surface area contributed by atoms with E-state index in [1.165, 1.54) is 61.8 Å². The van der Waals surface area contributed by atoms with Gasteiger partial charge in [-0.25, -0.2) is 0 Å². The quantitative estimate of drug-likeness (QED) is 0.159. The number of allylic oxidation sites excluding steroid dienone is 6. The Bertz CT molecular complexity index is 2060. The molecule has 0 aliphatic heterocycles. The van der Waals surface area contributed by atoms with Crippen molar-refractivity contribution >= 4 is 22.7 Å². The fourth-order valence-electron chi connectivity index (χ4n) is 7.89. The summed E-state index contributed by atoms with van der Waals surface area (Å²) in [5.74, 6) is 0. The Morgan fingerprint density at radius 3 is 1.92 bits per heavy atom. The van der Waals surface area contributed by atoms with Crippen LogP contribution in [0.3, 0.4) is 0 Å². The molecule has 0 fully saturated rings. The number of hydrogen-bond donors (Lipinski definition) is 0. The molecule has 242 valence electrons. The van der Waals surface area contributed by atoms with E-state index in [2.05, 4.69) is 188 Å². The van der Waals surface area contributed by atoms with Gasteiger partial charge in [0, 0.05) is 33.9 Å². The number of aryl methyl sites for hydroxylation is 2. The van der Waals surface area contributed by atoms with E-state index < -0.39 is 0 Å². The zero-order valence-electron chi connectivity index (χ0n) is 28.6. The minimum Gasteiger partial charge on any atom is -0.334 e. The first kappa shape index (κ1) is 31.0. The van der Waals surface area contributed by atoms with Crippen LogP contribution in [0.5, 0.6) is 0 Å². The summed E-state index contributed by atoms with van der Waals surface area (Å²) in [6.07, 6.45) is 20.8. The first-order chi connectivity index (χ1) is 24.1. The van der Waals surface area contributed by atoms with E-state index in [0.717, 1.165) is 32.1 Å². The molecule has 0 heterocycles. The van der Waals surface area contributed by atoms with Gasteiger partial charge in [0.25, 0.3) is 0 Å². The van der Waals surface area contributed by atoms with Gasteiger partial charge in [-0.05, 0) is 120 Å². The van der Waals surface area contributed by atoms with Gasteiger partial charge in [-0.3, -0.25) is 0 Å². The third-order valence-electron chi connectivity index (χ3n) is 10.5. The minimum absolute atomic E-state index is 0.0782. The molecule has 0 amide bonds. The molecule has 0 bridgehead atoms. The molecule has 49 heavy (non-hydrogen) atoms. The number of fused-ring (bicyclic) bond motifs is 3. The summed E-state index contributed by atoms with van der Waals surface area (Å²) >= 11 is 0. The van der Waals surface area contributed by atoms with Gasteiger partial charge >= 0.3 is 0 Å². The maximum atomic E-state index is 2.48. The van der Waals surface area contributed by atoms with E-state index in [9.17, 15) is 0 Å². The van der Waals surface area contributed by atoms with E-state index >= 15 is 0 Å². The molecule has 3 aliphatic rings. The summed E-state index contributed by atoms with van der Waals surface area (Å²) in [7, 11) is 0. The van der Waals surface area contributed by atoms with Gasteiger partial charge in [-0.2, -0.15) is 0 Å². The maximum Gasteiger partial charge on any atom is 0.0559 e. The predicted molar refractivity (Wildman–Crippen MR) is 208 cm³/mol. The Labute approximate surface area is 292 Å². The Hall–Kier alpha value is -5.34. The topological polar surface area (TPSA) is 6.48 Å². The fraction of sp³-hybridized carbons (Fsp3) is 0.191. The standard InChI is InChI=1S/C47H44N2/c1-47(2)45-33-36(24-23-35-25-28-41(29-26-35)48(37-15-7-3-8-16-37)38-17-9-4-10-18-38)27-31-43(45)44-32-30-42(34-46(44)47)49(39-19-11-5-12-20-39)40-21-13-6-14-22-40/h3-13,15-17,19-21,25-34,38H,14,18,22-24H2,1-2H3. The van der Waals surface area contributed by atoms with Crippen molar-refractivity contribution in [1.29, 1.82) is 0 Å². The van der Waals surface area contributed by atoms with Gasteiger partial charge in [0.15, 0.2) is 0 Å². The molecule has 5 aromatic carbocycles. The van der Waals surface area contributed by atoms with Crippen LogP contribution in [0.4, 0.5) is 22.7 Å². The predicted octanol–water partition coefficient (Wildman–Crippen LogP) is 12.2. The largest absolute Gasteiger partial charge is 0.334 e. The molecular weight excluding hydrogens is 593 g/mol. The summed E-state index contributed by atoms with van der Waals surface area (Å²) in [6.45, 7) is 4.80.